The Hall–Kier alpha value is -1.76. The van der Waals surface area contributed by atoms with Gasteiger partial charge >= 0.3 is 0 Å². The van der Waals surface area contributed by atoms with Crippen molar-refractivity contribution in [2.45, 2.75) is 57.1 Å². The lowest BCUT2D eigenvalue weighted by Crippen LogP contribution is -2.45. The molecule has 0 aliphatic carbocycles. The predicted molar refractivity (Wildman–Crippen MR) is 91.1 cm³/mol. The Morgan fingerprint density at radius 3 is 2.39 bits per heavy atom. The third kappa shape index (κ3) is 3.77. The number of nitrogens with zero attached hydrogens (tertiary/aromatic N) is 4. The summed E-state index contributed by atoms with van der Waals surface area (Å²) in [4.78, 5) is 14.6. The van der Waals surface area contributed by atoms with E-state index < -0.39 is 0 Å². The molecule has 0 unspecified atom stereocenters. The fourth-order valence-electron chi connectivity index (χ4n) is 2.56. The van der Waals surface area contributed by atoms with E-state index in [-0.39, 0.29) is 23.2 Å². The first-order valence-electron chi connectivity index (χ1n) is 7.75. The first-order valence-corrected chi connectivity index (χ1v) is 8.63. The fraction of sp³-hybridized carbons (Fsp3) is 0.562. The minimum atomic E-state index is -0.229. The van der Waals surface area contributed by atoms with E-state index in [1.54, 1.807) is 6.26 Å². The SMILES string of the molecule is CC(C)N(C(=O)[C@@H](C)Sc1nnc(-c2ccco2)n1C)C(C)C. The number of thioether (sulfide) groups is 1. The topological polar surface area (TPSA) is 64.2 Å². The Bertz CT molecular complexity index is 641. The van der Waals surface area contributed by atoms with Gasteiger partial charge < -0.3 is 13.9 Å². The summed E-state index contributed by atoms with van der Waals surface area (Å²) in [6.07, 6.45) is 1.60. The highest BCUT2D eigenvalue weighted by atomic mass is 32.2. The molecule has 0 N–H and O–H groups in total. The van der Waals surface area contributed by atoms with Gasteiger partial charge in [0.15, 0.2) is 16.7 Å². The van der Waals surface area contributed by atoms with Crippen molar-refractivity contribution < 1.29 is 9.21 Å². The van der Waals surface area contributed by atoms with Crippen LogP contribution in [0.15, 0.2) is 28.0 Å². The predicted octanol–water partition coefficient (Wildman–Crippen LogP) is 3.20. The second kappa shape index (κ2) is 7.21. The van der Waals surface area contributed by atoms with Gasteiger partial charge in [0.2, 0.25) is 5.91 Å². The average molecular weight is 336 g/mol. The van der Waals surface area contributed by atoms with Crippen molar-refractivity contribution in [3.8, 4) is 11.6 Å². The van der Waals surface area contributed by atoms with Gasteiger partial charge in [0, 0.05) is 19.1 Å². The van der Waals surface area contributed by atoms with Gasteiger partial charge in [0.1, 0.15) is 0 Å². The molecule has 0 radical (unpaired) electrons. The Labute approximate surface area is 141 Å². The Balaban J connectivity index is 2.14. The van der Waals surface area contributed by atoms with Crippen LogP contribution in [0.25, 0.3) is 11.6 Å². The largest absolute Gasteiger partial charge is 0.461 e. The average Bonchev–Trinajstić information content (AvgIpc) is 3.08. The van der Waals surface area contributed by atoms with Crippen molar-refractivity contribution in [3.63, 3.8) is 0 Å². The van der Waals surface area contributed by atoms with Gasteiger partial charge in [-0.05, 0) is 46.8 Å². The molecule has 2 aromatic heterocycles. The Kier molecular flexibility index (Phi) is 5.51. The van der Waals surface area contributed by atoms with E-state index in [9.17, 15) is 4.79 Å². The second-order valence-electron chi connectivity index (χ2n) is 6.04. The van der Waals surface area contributed by atoms with Crippen LogP contribution in [0.1, 0.15) is 34.6 Å². The van der Waals surface area contributed by atoms with Gasteiger partial charge in [-0.3, -0.25) is 4.79 Å². The first-order chi connectivity index (χ1) is 10.8. The molecule has 0 aliphatic heterocycles. The molecule has 0 bridgehead atoms. The van der Waals surface area contributed by atoms with Gasteiger partial charge in [-0.1, -0.05) is 11.8 Å². The van der Waals surface area contributed by atoms with Crippen LogP contribution in [0, 0.1) is 0 Å². The van der Waals surface area contributed by atoms with Gasteiger partial charge in [0.25, 0.3) is 0 Å². The van der Waals surface area contributed by atoms with Crippen molar-refractivity contribution in [2.75, 3.05) is 0 Å². The fourth-order valence-corrected chi connectivity index (χ4v) is 3.43. The van der Waals surface area contributed by atoms with Crippen LogP contribution < -0.4 is 0 Å². The summed E-state index contributed by atoms with van der Waals surface area (Å²) < 4.78 is 7.21. The molecule has 23 heavy (non-hydrogen) atoms. The zero-order valence-corrected chi connectivity index (χ0v) is 15.3. The van der Waals surface area contributed by atoms with E-state index >= 15 is 0 Å². The smallest absolute Gasteiger partial charge is 0.236 e. The molecule has 2 heterocycles. The van der Waals surface area contributed by atoms with Crippen molar-refractivity contribution in [2.24, 2.45) is 7.05 Å². The van der Waals surface area contributed by atoms with Crippen molar-refractivity contribution in [3.05, 3.63) is 18.4 Å². The Morgan fingerprint density at radius 1 is 1.22 bits per heavy atom. The normalized spacial score (nSPS) is 12.9. The molecule has 0 aromatic carbocycles. The molecule has 2 rings (SSSR count). The lowest BCUT2D eigenvalue weighted by molar-refractivity contribution is -0.133. The number of carbonyl (C=O) groups is 1. The number of hydrogen-bond acceptors (Lipinski definition) is 5. The molecular weight excluding hydrogens is 312 g/mol. The lowest BCUT2D eigenvalue weighted by atomic mass is 10.2. The maximum atomic E-state index is 12.7. The lowest BCUT2D eigenvalue weighted by Gasteiger charge is -2.32. The van der Waals surface area contributed by atoms with E-state index in [0.29, 0.717) is 16.7 Å². The van der Waals surface area contributed by atoms with E-state index in [4.69, 9.17) is 4.42 Å². The summed E-state index contributed by atoms with van der Waals surface area (Å²) in [6.45, 7) is 10.0. The third-order valence-corrected chi connectivity index (χ3v) is 4.70. The summed E-state index contributed by atoms with van der Waals surface area (Å²) >= 11 is 1.42. The number of rotatable bonds is 6. The molecule has 126 valence electrons. The molecule has 2 aromatic rings. The van der Waals surface area contributed by atoms with Crippen LogP contribution in [0.5, 0.6) is 0 Å². The van der Waals surface area contributed by atoms with Crippen LogP contribution in [0.3, 0.4) is 0 Å². The van der Waals surface area contributed by atoms with Crippen LogP contribution in [-0.4, -0.2) is 42.9 Å². The Morgan fingerprint density at radius 2 is 1.87 bits per heavy atom. The van der Waals surface area contributed by atoms with Crippen molar-refractivity contribution >= 4 is 17.7 Å². The molecule has 0 saturated heterocycles. The molecule has 0 fully saturated rings. The van der Waals surface area contributed by atoms with Crippen LogP contribution in [0.2, 0.25) is 0 Å². The number of carbonyl (C=O) groups excluding carboxylic acids is 1. The van der Waals surface area contributed by atoms with Crippen LogP contribution in [-0.2, 0) is 11.8 Å². The molecule has 0 aliphatic rings. The van der Waals surface area contributed by atoms with Gasteiger partial charge in [-0.25, -0.2) is 0 Å². The standard InChI is InChI=1S/C16H24N4O2S/c1-10(2)20(11(3)4)15(21)12(5)23-16-18-17-14(19(16)6)13-8-7-9-22-13/h7-12H,1-6H3/t12-/m1/s1. The number of hydrogen-bond donors (Lipinski definition) is 0. The minimum absolute atomic E-state index is 0.113. The zero-order valence-electron chi connectivity index (χ0n) is 14.5. The molecule has 0 spiro atoms. The van der Waals surface area contributed by atoms with Crippen LogP contribution >= 0.6 is 11.8 Å². The van der Waals surface area contributed by atoms with Crippen LogP contribution in [0.4, 0.5) is 0 Å². The molecule has 7 heteroatoms. The van der Waals surface area contributed by atoms with E-state index in [2.05, 4.69) is 10.2 Å². The van der Waals surface area contributed by atoms with E-state index in [1.807, 2.05) is 63.3 Å². The summed E-state index contributed by atoms with van der Waals surface area (Å²) in [6, 6.07) is 3.99. The molecule has 0 saturated carbocycles. The van der Waals surface area contributed by atoms with Gasteiger partial charge in [-0.15, -0.1) is 10.2 Å². The van der Waals surface area contributed by atoms with Gasteiger partial charge in [0.05, 0.1) is 11.5 Å². The highest BCUT2D eigenvalue weighted by Gasteiger charge is 2.27. The second-order valence-corrected chi connectivity index (χ2v) is 7.34. The molecule has 1 atom stereocenters. The number of furan rings is 1. The monoisotopic (exact) mass is 336 g/mol. The molecule has 6 nitrogen and oxygen atoms in total. The number of aromatic nitrogens is 3. The van der Waals surface area contributed by atoms with E-state index in [1.165, 1.54) is 11.8 Å². The third-order valence-electron chi connectivity index (χ3n) is 3.57. The molecular formula is C16H24N4O2S. The highest BCUT2D eigenvalue weighted by molar-refractivity contribution is 8.00. The minimum Gasteiger partial charge on any atom is -0.461 e. The summed E-state index contributed by atoms with van der Waals surface area (Å²) in [7, 11) is 1.88. The summed E-state index contributed by atoms with van der Waals surface area (Å²) in [5.41, 5.74) is 0. The highest BCUT2D eigenvalue weighted by Crippen LogP contribution is 2.27. The van der Waals surface area contributed by atoms with Crippen molar-refractivity contribution in [1.82, 2.24) is 19.7 Å². The van der Waals surface area contributed by atoms with Gasteiger partial charge in [-0.2, -0.15) is 0 Å². The van der Waals surface area contributed by atoms with Crippen molar-refractivity contribution in [1.29, 1.82) is 0 Å². The van der Waals surface area contributed by atoms with E-state index in [0.717, 1.165) is 0 Å². The quantitative estimate of drug-likeness (QED) is 0.758. The molecule has 1 amide bonds. The maximum Gasteiger partial charge on any atom is 0.236 e. The zero-order chi connectivity index (χ0) is 17.1. The maximum absolute atomic E-state index is 12.7. The summed E-state index contributed by atoms with van der Waals surface area (Å²) in [5.74, 6) is 1.43. The summed E-state index contributed by atoms with van der Waals surface area (Å²) in [5, 5.41) is 8.82. The number of amides is 1. The first kappa shape index (κ1) is 17.6.